The number of hydrogen-bond acceptors (Lipinski definition) is 1. The van der Waals surface area contributed by atoms with E-state index in [9.17, 15) is 0 Å². The molecule has 0 saturated carbocycles. The highest BCUT2D eigenvalue weighted by Gasteiger charge is 2.52. The molecule has 11 aromatic rings. The van der Waals surface area contributed by atoms with Gasteiger partial charge in [0, 0.05) is 21.9 Å². The molecule has 294 valence electrons. The Morgan fingerprint density at radius 3 is 1.43 bits per heavy atom. The van der Waals surface area contributed by atoms with Gasteiger partial charge in [0.15, 0.2) is 0 Å². The van der Waals surface area contributed by atoms with Crippen molar-refractivity contribution >= 4 is 66.2 Å². The second-order valence-electron chi connectivity index (χ2n) is 17.6. The van der Waals surface area contributed by atoms with Gasteiger partial charge in [-0.15, -0.1) is 0 Å². The lowest BCUT2D eigenvalue weighted by molar-refractivity contribution is 0.447. The minimum Gasteiger partial charge on any atom is -0.455 e. The van der Waals surface area contributed by atoms with Crippen molar-refractivity contribution in [2.75, 3.05) is 0 Å². The van der Waals surface area contributed by atoms with Crippen LogP contribution in [-0.2, 0) is 5.41 Å². The van der Waals surface area contributed by atoms with Crippen LogP contribution in [0.4, 0.5) is 0 Å². The highest BCUT2D eigenvalue weighted by molar-refractivity contribution is 6.98. The van der Waals surface area contributed by atoms with Gasteiger partial charge in [0.25, 0.3) is 0 Å². The quantitative estimate of drug-likeness (QED) is 0.161. The van der Waals surface area contributed by atoms with Crippen molar-refractivity contribution in [2.24, 2.45) is 0 Å². The first-order valence-electron chi connectivity index (χ1n) is 22.1. The van der Waals surface area contributed by atoms with Gasteiger partial charge in [-0.2, -0.15) is 0 Å². The lowest BCUT2D eigenvalue weighted by Gasteiger charge is -2.40. The fourth-order valence-corrected chi connectivity index (χ4v) is 11.5. The Morgan fingerprint density at radius 1 is 0.349 bits per heavy atom. The van der Waals surface area contributed by atoms with Gasteiger partial charge in [-0.3, -0.25) is 0 Å². The van der Waals surface area contributed by atoms with Crippen LogP contribution in [0.15, 0.2) is 212 Å². The fraction of sp³-hybridized carbons (Fsp3) is 0.0492. The van der Waals surface area contributed by atoms with Gasteiger partial charge in [0.1, 0.15) is 11.5 Å². The lowest BCUT2D eigenvalue weighted by Crippen LogP contribution is -2.54. The summed E-state index contributed by atoms with van der Waals surface area (Å²) in [5.41, 5.74) is 15.9. The molecule has 1 heterocycles. The molecule has 63 heavy (non-hydrogen) atoms. The molecule has 13 rings (SSSR count). The maximum Gasteiger partial charge on any atom is 0.243 e. The topological polar surface area (TPSA) is 9.23 Å². The molecule has 0 unspecified atom stereocenters. The number of benzene rings is 11. The molecule has 1 spiro atoms. The summed E-state index contributed by atoms with van der Waals surface area (Å²) in [5.74, 6) is 1.87. The summed E-state index contributed by atoms with van der Waals surface area (Å²) in [5, 5.41) is 9.72. The molecule has 0 saturated heterocycles. The third-order valence-electron chi connectivity index (χ3n) is 14.3. The maximum atomic E-state index is 7.24. The molecule has 0 bridgehead atoms. The molecular formula is C61H41BO. The molecule has 1 nitrogen and oxygen atoms in total. The number of rotatable bonds is 4. The van der Waals surface area contributed by atoms with Crippen LogP contribution in [-0.4, -0.2) is 6.71 Å². The first-order valence-corrected chi connectivity index (χ1v) is 22.1. The molecule has 0 amide bonds. The van der Waals surface area contributed by atoms with Gasteiger partial charge in [0.05, 0.1) is 5.41 Å². The average molecular weight is 801 g/mol. The molecule has 2 heteroatoms. The third-order valence-corrected chi connectivity index (χ3v) is 14.3. The van der Waals surface area contributed by atoms with E-state index in [1.54, 1.807) is 0 Å². The Hall–Kier alpha value is -7.68. The van der Waals surface area contributed by atoms with Crippen molar-refractivity contribution in [3.05, 3.63) is 246 Å². The van der Waals surface area contributed by atoms with Crippen molar-refractivity contribution in [3.63, 3.8) is 0 Å². The monoisotopic (exact) mass is 800 g/mol. The van der Waals surface area contributed by atoms with E-state index in [1.165, 1.54) is 104 Å². The Morgan fingerprint density at radius 2 is 0.825 bits per heavy atom. The van der Waals surface area contributed by atoms with Crippen molar-refractivity contribution in [1.29, 1.82) is 0 Å². The van der Waals surface area contributed by atoms with Gasteiger partial charge in [-0.25, -0.2) is 0 Å². The minimum absolute atomic E-state index is 0.00276. The first kappa shape index (κ1) is 36.0. The van der Waals surface area contributed by atoms with E-state index in [1.807, 2.05) is 0 Å². The predicted molar refractivity (Wildman–Crippen MR) is 266 cm³/mol. The summed E-state index contributed by atoms with van der Waals surface area (Å²) in [7, 11) is 0. The summed E-state index contributed by atoms with van der Waals surface area (Å²) in [6.45, 7) is 4.57. The number of ether oxygens (including phenoxy) is 1. The van der Waals surface area contributed by atoms with Gasteiger partial charge in [-0.1, -0.05) is 234 Å². The van der Waals surface area contributed by atoms with Crippen LogP contribution in [0.3, 0.4) is 0 Å². The Kier molecular flexibility index (Phi) is 7.81. The number of fused-ring (bicyclic) bond motifs is 15. The van der Waals surface area contributed by atoms with Crippen LogP contribution in [0.1, 0.15) is 33.4 Å². The fourth-order valence-electron chi connectivity index (χ4n) is 11.5. The van der Waals surface area contributed by atoms with Crippen LogP contribution in [0.5, 0.6) is 11.5 Å². The van der Waals surface area contributed by atoms with E-state index in [4.69, 9.17) is 4.74 Å². The van der Waals surface area contributed by atoms with Gasteiger partial charge < -0.3 is 4.74 Å². The van der Waals surface area contributed by atoms with E-state index in [0.29, 0.717) is 0 Å². The van der Waals surface area contributed by atoms with Gasteiger partial charge in [-0.05, 0) is 85.6 Å². The zero-order chi connectivity index (χ0) is 41.8. The van der Waals surface area contributed by atoms with Crippen LogP contribution in [0.25, 0.3) is 65.3 Å². The summed E-state index contributed by atoms with van der Waals surface area (Å²) in [6.07, 6.45) is 0. The van der Waals surface area contributed by atoms with Crippen molar-refractivity contribution in [1.82, 2.24) is 0 Å². The van der Waals surface area contributed by atoms with Crippen LogP contribution in [0, 0.1) is 13.8 Å². The first-order chi connectivity index (χ1) is 31.1. The lowest BCUT2D eigenvalue weighted by atomic mass is 9.34. The second-order valence-corrected chi connectivity index (χ2v) is 17.6. The molecule has 1 aliphatic carbocycles. The summed E-state index contributed by atoms with van der Waals surface area (Å²) >= 11 is 0. The molecule has 0 aromatic heterocycles. The normalized spacial score (nSPS) is 13.2. The molecule has 2 aliphatic rings. The SMILES string of the molecule is Cc1ccc2ccccc2c1B(c1cccc(-c2ccc3c(c2)C2(c4ccccc4-3)c3ccc4ccccc4c3Oc3c2ccc2ccccc32)c1)c1c(C)ccc2ccccc12. The molecule has 0 atom stereocenters. The van der Waals surface area contributed by atoms with Crippen molar-refractivity contribution < 1.29 is 4.74 Å². The molecule has 1 aliphatic heterocycles. The highest BCUT2D eigenvalue weighted by atomic mass is 16.5. The standard InChI is InChI=1S/C61H41BO/c1-38-26-28-40-14-3-7-20-47(40)57(38)62(58-39(2)27-29-41-15-4-8-21-48(41)58)46-19-13-18-44(36-46)45-30-33-52-51-24-11-12-25-53(51)61(56(52)37-45)54-34-31-42-16-5-9-22-49(42)59(54)63-60-50-23-10-6-17-43(50)32-35-55(60)61/h3-37H,1-2H3. The van der Waals surface area contributed by atoms with Crippen molar-refractivity contribution in [3.8, 4) is 33.8 Å². The Bertz CT molecular complexity index is 3540. The number of aryl methyl sites for hydroxylation is 2. The molecule has 0 fully saturated rings. The zero-order valence-electron chi connectivity index (χ0n) is 35.2. The van der Waals surface area contributed by atoms with Crippen LogP contribution >= 0.6 is 0 Å². The number of hydrogen-bond donors (Lipinski definition) is 0. The average Bonchev–Trinajstić information content (AvgIpc) is 3.62. The summed E-state index contributed by atoms with van der Waals surface area (Å²) in [4.78, 5) is 0. The second kappa shape index (κ2) is 13.7. The van der Waals surface area contributed by atoms with E-state index in [2.05, 4.69) is 226 Å². The minimum atomic E-state index is -0.612. The maximum absolute atomic E-state index is 7.24. The van der Waals surface area contributed by atoms with Gasteiger partial charge >= 0.3 is 0 Å². The highest BCUT2D eigenvalue weighted by Crippen LogP contribution is 2.64. The molecular weight excluding hydrogens is 759 g/mol. The van der Waals surface area contributed by atoms with E-state index >= 15 is 0 Å². The third kappa shape index (κ3) is 5.13. The predicted octanol–water partition coefficient (Wildman–Crippen LogP) is 13.6. The van der Waals surface area contributed by atoms with E-state index in [0.717, 1.165) is 22.3 Å². The van der Waals surface area contributed by atoms with E-state index in [-0.39, 0.29) is 6.71 Å². The molecule has 11 aromatic carbocycles. The smallest absolute Gasteiger partial charge is 0.243 e. The van der Waals surface area contributed by atoms with Crippen LogP contribution < -0.4 is 21.1 Å². The summed E-state index contributed by atoms with van der Waals surface area (Å²) < 4.78 is 7.24. The van der Waals surface area contributed by atoms with E-state index < -0.39 is 5.41 Å². The molecule has 0 radical (unpaired) electrons. The Labute approximate surface area is 368 Å². The van der Waals surface area contributed by atoms with Gasteiger partial charge in [0.2, 0.25) is 6.71 Å². The van der Waals surface area contributed by atoms with Crippen LogP contribution in [0.2, 0.25) is 0 Å². The van der Waals surface area contributed by atoms with Crippen molar-refractivity contribution in [2.45, 2.75) is 19.3 Å². The zero-order valence-corrected chi connectivity index (χ0v) is 35.2. The molecule has 0 N–H and O–H groups in total. The Balaban J connectivity index is 1.08. The summed E-state index contributed by atoms with van der Waals surface area (Å²) in [6, 6.07) is 79.2. The largest absolute Gasteiger partial charge is 0.455 e.